The fourth-order valence-corrected chi connectivity index (χ4v) is 2.69. The summed E-state index contributed by atoms with van der Waals surface area (Å²) in [5.74, 6) is -3.97. The van der Waals surface area contributed by atoms with Gasteiger partial charge in [0.1, 0.15) is 0 Å². The summed E-state index contributed by atoms with van der Waals surface area (Å²) in [6.45, 7) is 0. The standard InChI is InChI=1S/C15H7BrN2O6/c16-10-6-13(21)18(14(10)22)9-4-7(15(23)24)3-8(5-9)17-11(19)1-2-12(17)20/h1-6H,(H,23,24). The predicted molar refractivity (Wildman–Crippen MR) is 84.5 cm³/mol. The molecule has 2 aliphatic heterocycles. The van der Waals surface area contributed by atoms with Crippen LogP contribution in [0.25, 0.3) is 0 Å². The number of amides is 4. The number of carbonyl (C=O) groups is 5. The van der Waals surface area contributed by atoms with Gasteiger partial charge in [-0.25, -0.2) is 14.6 Å². The van der Waals surface area contributed by atoms with Crippen molar-refractivity contribution >= 4 is 56.9 Å². The van der Waals surface area contributed by atoms with Crippen molar-refractivity contribution in [1.82, 2.24) is 0 Å². The summed E-state index contributed by atoms with van der Waals surface area (Å²) in [6, 6.07) is 3.45. The molecule has 2 heterocycles. The van der Waals surface area contributed by atoms with E-state index in [0.29, 0.717) is 0 Å². The molecule has 1 aromatic rings. The normalized spacial score (nSPS) is 17.1. The summed E-state index contributed by atoms with van der Waals surface area (Å²) < 4.78 is 0.0183. The maximum Gasteiger partial charge on any atom is 0.335 e. The van der Waals surface area contributed by atoms with Gasteiger partial charge in [-0.05, 0) is 34.1 Å². The van der Waals surface area contributed by atoms with E-state index in [1.54, 1.807) is 0 Å². The van der Waals surface area contributed by atoms with Crippen LogP contribution < -0.4 is 9.80 Å². The van der Waals surface area contributed by atoms with Crippen molar-refractivity contribution in [3.05, 3.63) is 46.5 Å². The molecule has 0 fully saturated rings. The molecule has 0 spiro atoms. The molecule has 1 aromatic carbocycles. The largest absolute Gasteiger partial charge is 0.478 e. The number of aromatic carboxylic acids is 1. The highest BCUT2D eigenvalue weighted by Gasteiger charge is 2.33. The second kappa shape index (κ2) is 5.53. The number of carboxylic acid groups (broad SMARTS) is 1. The quantitative estimate of drug-likeness (QED) is 0.769. The lowest BCUT2D eigenvalue weighted by molar-refractivity contribution is -0.121. The number of anilines is 2. The Balaban J connectivity index is 2.13. The number of halogens is 1. The van der Waals surface area contributed by atoms with Crippen LogP contribution in [-0.4, -0.2) is 34.7 Å². The van der Waals surface area contributed by atoms with Crippen molar-refractivity contribution in [3.63, 3.8) is 0 Å². The molecule has 1 N–H and O–H groups in total. The van der Waals surface area contributed by atoms with Gasteiger partial charge in [0.2, 0.25) is 0 Å². The highest BCUT2D eigenvalue weighted by atomic mass is 79.9. The zero-order valence-electron chi connectivity index (χ0n) is 11.7. The van der Waals surface area contributed by atoms with E-state index < -0.39 is 29.6 Å². The zero-order chi connectivity index (χ0) is 17.6. The van der Waals surface area contributed by atoms with Crippen LogP contribution in [0.3, 0.4) is 0 Å². The van der Waals surface area contributed by atoms with Gasteiger partial charge in [-0.2, -0.15) is 0 Å². The van der Waals surface area contributed by atoms with E-state index in [1.807, 2.05) is 0 Å². The van der Waals surface area contributed by atoms with Crippen LogP contribution in [-0.2, 0) is 19.2 Å². The molecule has 3 rings (SSSR count). The van der Waals surface area contributed by atoms with Crippen molar-refractivity contribution in [2.45, 2.75) is 0 Å². The van der Waals surface area contributed by atoms with E-state index in [2.05, 4.69) is 15.9 Å². The lowest BCUT2D eigenvalue weighted by Crippen LogP contribution is -2.32. The van der Waals surface area contributed by atoms with Crippen LogP contribution in [0, 0.1) is 0 Å². The molecule has 9 heteroatoms. The van der Waals surface area contributed by atoms with E-state index in [9.17, 15) is 29.1 Å². The van der Waals surface area contributed by atoms with Crippen LogP contribution >= 0.6 is 15.9 Å². The minimum absolute atomic E-state index is 0.0183. The molecule has 0 unspecified atom stereocenters. The summed E-state index contributed by atoms with van der Waals surface area (Å²) in [5.41, 5.74) is -0.384. The van der Waals surface area contributed by atoms with Crippen molar-refractivity contribution in [2.75, 3.05) is 9.80 Å². The summed E-state index contributed by atoms with van der Waals surface area (Å²) in [4.78, 5) is 60.4. The first kappa shape index (κ1) is 15.8. The highest BCUT2D eigenvalue weighted by Crippen LogP contribution is 2.31. The fourth-order valence-electron chi connectivity index (χ4n) is 2.32. The van der Waals surface area contributed by atoms with Crippen molar-refractivity contribution in [3.8, 4) is 0 Å². The minimum Gasteiger partial charge on any atom is -0.478 e. The molecule has 4 amide bonds. The number of hydrogen-bond acceptors (Lipinski definition) is 5. The zero-order valence-corrected chi connectivity index (χ0v) is 13.3. The maximum absolute atomic E-state index is 12.0. The first-order valence-electron chi connectivity index (χ1n) is 6.49. The Morgan fingerprint density at radius 2 is 1.42 bits per heavy atom. The molecule has 24 heavy (non-hydrogen) atoms. The Morgan fingerprint density at radius 1 is 0.875 bits per heavy atom. The SMILES string of the molecule is O=C(O)c1cc(N2C(=O)C=CC2=O)cc(N2C(=O)C=C(Br)C2=O)c1. The molecular formula is C15H7BrN2O6. The first-order chi connectivity index (χ1) is 11.3. The monoisotopic (exact) mass is 390 g/mol. The Labute approximate surface area is 142 Å². The Hall–Kier alpha value is -3.07. The number of carboxylic acids is 1. The van der Waals surface area contributed by atoms with Gasteiger partial charge in [0.25, 0.3) is 23.6 Å². The molecular weight excluding hydrogens is 384 g/mol. The number of benzene rings is 1. The van der Waals surface area contributed by atoms with E-state index in [1.165, 1.54) is 6.07 Å². The minimum atomic E-state index is -1.34. The van der Waals surface area contributed by atoms with Gasteiger partial charge >= 0.3 is 5.97 Å². The molecule has 0 saturated carbocycles. The van der Waals surface area contributed by atoms with E-state index >= 15 is 0 Å². The van der Waals surface area contributed by atoms with Crippen molar-refractivity contribution < 1.29 is 29.1 Å². The summed E-state index contributed by atoms with van der Waals surface area (Å²) >= 11 is 2.94. The number of imide groups is 2. The maximum atomic E-state index is 12.0. The molecule has 120 valence electrons. The van der Waals surface area contributed by atoms with Crippen LogP contribution in [0.2, 0.25) is 0 Å². The lowest BCUT2D eigenvalue weighted by Gasteiger charge is -2.19. The predicted octanol–water partition coefficient (Wildman–Crippen LogP) is 0.966. The van der Waals surface area contributed by atoms with E-state index in [4.69, 9.17) is 0 Å². The molecule has 0 saturated heterocycles. The van der Waals surface area contributed by atoms with Gasteiger partial charge in [-0.15, -0.1) is 0 Å². The topological polar surface area (TPSA) is 112 Å². The Morgan fingerprint density at radius 3 is 1.88 bits per heavy atom. The second-order valence-electron chi connectivity index (χ2n) is 4.86. The molecule has 0 bridgehead atoms. The third-order valence-electron chi connectivity index (χ3n) is 3.35. The van der Waals surface area contributed by atoms with E-state index in [-0.39, 0.29) is 21.4 Å². The van der Waals surface area contributed by atoms with Gasteiger partial charge in [0.15, 0.2) is 0 Å². The number of carbonyl (C=O) groups excluding carboxylic acids is 4. The molecule has 2 aliphatic rings. The molecule has 0 radical (unpaired) electrons. The smallest absolute Gasteiger partial charge is 0.335 e. The average molecular weight is 391 g/mol. The summed E-state index contributed by atoms with van der Waals surface area (Å²) in [5, 5.41) is 9.22. The molecule has 0 aromatic heterocycles. The van der Waals surface area contributed by atoms with Crippen LogP contribution in [0.1, 0.15) is 10.4 Å². The molecule has 8 nitrogen and oxygen atoms in total. The Bertz CT molecular complexity index is 883. The van der Waals surface area contributed by atoms with Crippen molar-refractivity contribution in [2.24, 2.45) is 0 Å². The third-order valence-corrected chi connectivity index (χ3v) is 3.92. The van der Waals surface area contributed by atoms with Gasteiger partial charge in [-0.3, -0.25) is 19.2 Å². The fraction of sp³-hybridized carbons (Fsp3) is 0. The van der Waals surface area contributed by atoms with Gasteiger partial charge in [-0.1, -0.05) is 0 Å². The molecule has 0 aliphatic carbocycles. The second-order valence-corrected chi connectivity index (χ2v) is 5.71. The third kappa shape index (κ3) is 2.44. The number of nitrogens with zero attached hydrogens (tertiary/aromatic N) is 2. The summed E-state index contributed by atoms with van der Waals surface area (Å²) in [7, 11) is 0. The lowest BCUT2D eigenvalue weighted by atomic mass is 10.1. The van der Waals surface area contributed by atoms with E-state index in [0.717, 1.165) is 40.2 Å². The van der Waals surface area contributed by atoms with Gasteiger partial charge < -0.3 is 5.11 Å². The van der Waals surface area contributed by atoms with Gasteiger partial charge in [0.05, 0.1) is 21.4 Å². The molecule has 0 atom stereocenters. The number of hydrogen-bond donors (Lipinski definition) is 1. The van der Waals surface area contributed by atoms with Crippen LogP contribution in [0.4, 0.5) is 11.4 Å². The first-order valence-corrected chi connectivity index (χ1v) is 7.29. The average Bonchev–Trinajstić information content (AvgIpc) is 2.97. The number of rotatable bonds is 3. The van der Waals surface area contributed by atoms with Crippen LogP contribution in [0.15, 0.2) is 40.9 Å². The Kier molecular flexibility index (Phi) is 3.64. The highest BCUT2D eigenvalue weighted by molar-refractivity contribution is 9.12. The van der Waals surface area contributed by atoms with Crippen LogP contribution in [0.5, 0.6) is 0 Å². The van der Waals surface area contributed by atoms with Crippen molar-refractivity contribution in [1.29, 1.82) is 0 Å². The summed E-state index contributed by atoms with van der Waals surface area (Å²) in [6.07, 6.45) is 3.13. The van der Waals surface area contributed by atoms with Gasteiger partial charge in [0, 0.05) is 18.2 Å².